The molecule has 0 unspecified atom stereocenters. The summed E-state index contributed by atoms with van der Waals surface area (Å²) in [6.07, 6.45) is 1.66. The Balaban J connectivity index is 2.05. The van der Waals surface area contributed by atoms with Gasteiger partial charge < -0.3 is 10.6 Å². The van der Waals surface area contributed by atoms with E-state index >= 15 is 0 Å². The largest absolute Gasteiger partial charge is 0.357 e. The van der Waals surface area contributed by atoms with E-state index in [1.165, 1.54) is 0 Å². The Bertz CT molecular complexity index is 849. The average Bonchev–Trinajstić information content (AvgIpc) is 2.97. The number of rotatable bonds is 3. The number of aromatic amines is 1. The normalized spacial score (nSPS) is 10.3. The van der Waals surface area contributed by atoms with Crippen LogP contribution in [0.5, 0.6) is 0 Å². The minimum atomic E-state index is 0.485. The maximum absolute atomic E-state index is 8.89. The molecule has 7 nitrogen and oxygen atoms in total. The van der Waals surface area contributed by atoms with Crippen LogP contribution in [-0.2, 0) is 0 Å². The highest BCUT2D eigenvalue weighted by atomic mass is 79.9. The third-order valence-electron chi connectivity index (χ3n) is 2.88. The van der Waals surface area contributed by atoms with Gasteiger partial charge in [0.2, 0.25) is 5.95 Å². The van der Waals surface area contributed by atoms with Crippen molar-refractivity contribution in [1.82, 2.24) is 20.2 Å². The molecule has 0 atom stereocenters. The lowest BCUT2D eigenvalue weighted by atomic mass is 10.2. The molecule has 3 rings (SSSR count). The molecular weight excluding hydrogens is 334 g/mol. The minimum Gasteiger partial charge on any atom is -0.357 e. The van der Waals surface area contributed by atoms with Gasteiger partial charge in [0.05, 0.1) is 28.9 Å². The van der Waals surface area contributed by atoms with Gasteiger partial charge in [-0.25, -0.2) is 0 Å². The molecule has 0 spiro atoms. The van der Waals surface area contributed by atoms with E-state index in [2.05, 4.69) is 52.8 Å². The first-order chi connectivity index (χ1) is 10.2. The van der Waals surface area contributed by atoms with E-state index in [-0.39, 0.29) is 0 Å². The van der Waals surface area contributed by atoms with E-state index in [1.54, 1.807) is 25.4 Å². The maximum atomic E-state index is 8.89. The molecule has 0 radical (unpaired) electrons. The quantitative estimate of drug-likeness (QED) is 0.675. The molecule has 0 amide bonds. The van der Waals surface area contributed by atoms with Crippen LogP contribution in [0.2, 0.25) is 0 Å². The van der Waals surface area contributed by atoms with Gasteiger partial charge in [-0.2, -0.15) is 20.3 Å². The zero-order chi connectivity index (χ0) is 14.8. The molecule has 2 aromatic heterocycles. The molecule has 0 aliphatic carbocycles. The third kappa shape index (κ3) is 2.51. The van der Waals surface area contributed by atoms with Crippen LogP contribution in [0, 0.1) is 11.3 Å². The number of fused-ring (bicyclic) bond motifs is 1. The second kappa shape index (κ2) is 5.38. The maximum Gasteiger partial charge on any atom is 0.226 e. The van der Waals surface area contributed by atoms with Crippen molar-refractivity contribution < 1.29 is 0 Å². The summed E-state index contributed by atoms with van der Waals surface area (Å²) in [5.41, 5.74) is 2.03. The first kappa shape index (κ1) is 13.3. The highest BCUT2D eigenvalue weighted by Gasteiger charge is 2.10. The van der Waals surface area contributed by atoms with Gasteiger partial charge in [-0.15, -0.1) is 0 Å². The Hall–Kier alpha value is -2.66. The van der Waals surface area contributed by atoms with Gasteiger partial charge in [-0.1, -0.05) is 0 Å². The number of H-pyrrole nitrogens is 1. The molecule has 0 bridgehead atoms. The van der Waals surface area contributed by atoms with Crippen molar-refractivity contribution in [3.8, 4) is 6.07 Å². The van der Waals surface area contributed by atoms with Gasteiger partial charge in [0.1, 0.15) is 5.82 Å². The zero-order valence-electron chi connectivity index (χ0n) is 11.0. The lowest BCUT2D eigenvalue weighted by Crippen LogP contribution is -2.01. The standard InChI is InChI=1S/C13H10BrN7/c1-16-13-19-11(8-6-17-21-12(8)20-13)18-10-3-2-7(5-15)4-9(10)14/h2-4,6H,1H3,(H3,16,17,18,19,20,21). The first-order valence-corrected chi connectivity index (χ1v) is 6.86. The molecule has 21 heavy (non-hydrogen) atoms. The highest BCUT2D eigenvalue weighted by Crippen LogP contribution is 2.29. The molecule has 1 aromatic carbocycles. The molecular formula is C13H10BrN7. The van der Waals surface area contributed by atoms with Crippen molar-refractivity contribution in [2.45, 2.75) is 0 Å². The van der Waals surface area contributed by atoms with Crippen LogP contribution in [0.25, 0.3) is 11.0 Å². The van der Waals surface area contributed by atoms with Gasteiger partial charge in [0.25, 0.3) is 0 Å². The van der Waals surface area contributed by atoms with Gasteiger partial charge in [0.15, 0.2) is 5.65 Å². The summed E-state index contributed by atoms with van der Waals surface area (Å²) in [7, 11) is 1.75. The van der Waals surface area contributed by atoms with Crippen molar-refractivity contribution in [3.05, 3.63) is 34.4 Å². The summed E-state index contributed by atoms with van der Waals surface area (Å²) in [4.78, 5) is 8.66. The van der Waals surface area contributed by atoms with Crippen LogP contribution in [0.3, 0.4) is 0 Å². The molecule has 0 saturated carbocycles. The Morgan fingerprint density at radius 2 is 2.19 bits per heavy atom. The number of anilines is 3. The number of halogens is 1. The predicted molar refractivity (Wildman–Crippen MR) is 83.4 cm³/mol. The average molecular weight is 344 g/mol. The van der Waals surface area contributed by atoms with Crippen molar-refractivity contribution in [2.75, 3.05) is 17.7 Å². The number of hydrogen-bond donors (Lipinski definition) is 3. The fourth-order valence-electron chi connectivity index (χ4n) is 1.86. The topological polar surface area (TPSA) is 102 Å². The third-order valence-corrected chi connectivity index (χ3v) is 3.54. The lowest BCUT2D eigenvalue weighted by molar-refractivity contribution is 1.09. The predicted octanol–water partition coefficient (Wildman–Crippen LogP) is 2.77. The summed E-state index contributed by atoms with van der Waals surface area (Å²) in [6.45, 7) is 0. The first-order valence-electron chi connectivity index (χ1n) is 6.07. The summed E-state index contributed by atoms with van der Waals surface area (Å²) in [5.74, 6) is 1.11. The van der Waals surface area contributed by atoms with E-state index in [4.69, 9.17) is 5.26 Å². The number of benzene rings is 1. The summed E-state index contributed by atoms with van der Waals surface area (Å²) in [5, 5.41) is 22.6. The summed E-state index contributed by atoms with van der Waals surface area (Å²) in [6, 6.07) is 7.39. The molecule has 0 saturated heterocycles. The van der Waals surface area contributed by atoms with E-state index in [1.807, 2.05) is 6.07 Å². The molecule has 2 heterocycles. The van der Waals surface area contributed by atoms with Gasteiger partial charge >= 0.3 is 0 Å². The molecule has 104 valence electrons. The van der Waals surface area contributed by atoms with Crippen LogP contribution < -0.4 is 10.6 Å². The fraction of sp³-hybridized carbons (Fsp3) is 0.0769. The number of nitriles is 1. The van der Waals surface area contributed by atoms with Gasteiger partial charge in [-0.3, -0.25) is 5.10 Å². The van der Waals surface area contributed by atoms with Crippen molar-refractivity contribution in [1.29, 1.82) is 5.26 Å². The SMILES string of the molecule is CNc1nc(Nc2ccc(C#N)cc2Br)c2cn[nH]c2n1. The molecule has 0 aliphatic rings. The fourth-order valence-corrected chi connectivity index (χ4v) is 2.33. The second-order valence-corrected chi connectivity index (χ2v) is 5.06. The van der Waals surface area contributed by atoms with Crippen molar-refractivity contribution in [2.24, 2.45) is 0 Å². The van der Waals surface area contributed by atoms with Crippen LogP contribution in [-0.4, -0.2) is 27.2 Å². The molecule has 0 fully saturated rings. The Kier molecular flexibility index (Phi) is 3.41. The molecule has 3 N–H and O–H groups in total. The minimum absolute atomic E-state index is 0.485. The Morgan fingerprint density at radius 3 is 2.90 bits per heavy atom. The van der Waals surface area contributed by atoms with Gasteiger partial charge in [0, 0.05) is 11.5 Å². The van der Waals surface area contributed by atoms with Crippen LogP contribution in [0.15, 0.2) is 28.9 Å². The molecule has 0 aliphatic heterocycles. The van der Waals surface area contributed by atoms with E-state index < -0.39 is 0 Å². The second-order valence-electron chi connectivity index (χ2n) is 4.21. The van der Waals surface area contributed by atoms with E-state index in [9.17, 15) is 0 Å². The van der Waals surface area contributed by atoms with Gasteiger partial charge in [-0.05, 0) is 34.1 Å². The Morgan fingerprint density at radius 1 is 1.33 bits per heavy atom. The summed E-state index contributed by atoms with van der Waals surface area (Å²) < 4.78 is 0.780. The summed E-state index contributed by atoms with van der Waals surface area (Å²) >= 11 is 3.44. The molecule has 8 heteroatoms. The Labute approximate surface area is 128 Å². The van der Waals surface area contributed by atoms with Crippen molar-refractivity contribution >= 4 is 44.4 Å². The van der Waals surface area contributed by atoms with E-state index in [0.717, 1.165) is 15.5 Å². The highest BCUT2D eigenvalue weighted by molar-refractivity contribution is 9.10. The number of hydrogen-bond acceptors (Lipinski definition) is 6. The zero-order valence-corrected chi connectivity index (χ0v) is 12.6. The lowest BCUT2D eigenvalue weighted by Gasteiger charge is -2.10. The van der Waals surface area contributed by atoms with Crippen LogP contribution in [0.1, 0.15) is 5.56 Å². The number of aromatic nitrogens is 4. The number of nitrogens with one attached hydrogen (secondary N) is 3. The number of nitrogens with zero attached hydrogens (tertiary/aromatic N) is 4. The molecule has 3 aromatic rings. The van der Waals surface area contributed by atoms with E-state index in [0.29, 0.717) is 23.0 Å². The van der Waals surface area contributed by atoms with Crippen LogP contribution >= 0.6 is 15.9 Å². The van der Waals surface area contributed by atoms with Crippen molar-refractivity contribution in [3.63, 3.8) is 0 Å². The smallest absolute Gasteiger partial charge is 0.226 e. The monoisotopic (exact) mass is 343 g/mol. The van der Waals surface area contributed by atoms with Crippen LogP contribution in [0.4, 0.5) is 17.5 Å².